The lowest BCUT2D eigenvalue weighted by Crippen LogP contribution is -2.30. The third kappa shape index (κ3) is 5.34. The maximum atomic E-state index is 13.4. The second-order valence-electron chi connectivity index (χ2n) is 5.12. The number of halogens is 3. The number of nitrogens with two attached hydrogens (primary N) is 1. The van der Waals surface area contributed by atoms with E-state index in [2.05, 4.69) is 5.32 Å². The van der Waals surface area contributed by atoms with Crippen molar-refractivity contribution in [2.24, 2.45) is 0 Å². The van der Waals surface area contributed by atoms with Crippen LogP contribution < -0.4 is 11.1 Å². The molecule has 0 unspecified atom stereocenters. The van der Waals surface area contributed by atoms with Crippen LogP contribution in [0.25, 0.3) is 0 Å². The number of amides is 1. The van der Waals surface area contributed by atoms with Crippen molar-refractivity contribution >= 4 is 40.8 Å². The molecule has 0 aliphatic carbocycles. The summed E-state index contributed by atoms with van der Waals surface area (Å²) in [5, 5.41) is 2.88. The normalized spacial score (nSPS) is 10.4. The van der Waals surface area contributed by atoms with Gasteiger partial charge in [-0.2, -0.15) is 0 Å². The van der Waals surface area contributed by atoms with Crippen LogP contribution in [0.15, 0.2) is 36.4 Å². The van der Waals surface area contributed by atoms with Gasteiger partial charge in [-0.05, 0) is 30.2 Å². The Bertz CT molecular complexity index is 799. The fourth-order valence-corrected chi connectivity index (χ4v) is 2.54. The van der Waals surface area contributed by atoms with Crippen molar-refractivity contribution in [2.75, 3.05) is 18.9 Å². The number of rotatable bonds is 6. The van der Waals surface area contributed by atoms with Crippen molar-refractivity contribution in [3.8, 4) is 0 Å². The molecule has 25 heavy (non-hydrogen) atoms. The maximum Gasteiger partial charge on any atom is 0.340 e. The molecular formula is C17H15Cl2FN2O3. The highest BCUT2D eigenvalue weighted by Crippen LogP contribution is 2.27. The number of nitrogens with one attached hydrogen (secondary N) is 1. The number of benzene rings is 2. The van der Waals surface area contributed by atoms with Gasteiger partial charge in [-0.3, -0.25) is 4.79 Å². The first-order chi connectivity index (χ1) is 11.9. The van der Waals surface area contributed by atoms with Gasteiger partial charge in [-0.1, -0.05) is 41.4 Å². The molecule has 2 aromatic rings. The first-order valence-electron chi connectivity index (χ1n) is 7.30. The second kappa shape index (κ2) is 8.69. The van der Waals surface area contributed by atoms with Crippen molar-refractivity contribution in [3.05, 3.63) is 63.4 Å². The molecule has 0 saturated carbocycles. The average molecular weight is 385 g/mol. The monoisotopic (exact) mass is 384 g/mol. The van der Waals surface area contributed by atoms with E-state index in [0.29, 0.717) is 12.0 Å². The number of anilines is 1. The van der Waals surface area contributed by atoms with E-state index in [0.717, 1.165) is 0 Å². The predicted octanol–water partition coefficient (Wildman–Crippen LogP) is 3.23. The SMILES string of the molecule is Nc1c(Cl)cc(Cl)cc1C(=O)OCC(=O)NCCc1ccccc1F. The maximum absolute atomic E-state index is 13.4. The molecule has 3 N–H and O–H groups in total. The van der Waals surface area contributed by atoms with Crippen LogP contribution in [0.2, 0.25) is 10.0 Å². The number of carbonyl (C=O) groups is 2. The summed E-state index contributed by atoms with van der Waals surface area (Å²) < 4.78 is 18.3. The zero-order chi connectivity index (χ0) is 18.4. The Kier molecular flexibility index (Phi) is 6.61. The van der Waals surface area contributed by atoms with E-state index in [9.17, 15) is 14.0 Å². The lowest BCUT2D eigenvalue weighted by Gasteiger charge is -2.09. The van der Waals surface area contributed by atoms with E-state index < -0.39 is 18.5 Å². The molecule has 132 valence electrons. The average Bonchev–Trinajstić information content (AvgIpc) is 2.57. The van der Waals surface area contributed by atoms with E-state index >= 15 is 0 Å². The van der Waals surface area contributed by atoms with Crippen LogP contribution in [0.4, 0.5) is 10.1 Å². The van der Waals surface area contributed by atoms with Gasteiger partial charge in [0.1, 0.15) is 5.82 Å². The topological polar surface area (TPSA) is 81.4 Å². The Labute approximate surface area is 153 Å². The van der Waals surface area contributed by atoms with Gasteiger partial charge >= 0.3 is 5.97 Å². The summed E-state index contributed by atoms with van der Waals surface area (Å²) in [4.78, 5) is 23.7. The first kappa shape index (κ1) is 19.0. The fourth-order valence-electron chi connectivity index (χ4n) is 2.05. The quantitative estimate of drug-likeness (QED) is 0.591. The highest BCUT2D eigenvalue weighted by atomic mass is 35.5. The van der Waals surface area contributed by atoms with Gasteiger partial charge in [-0.15, -0.1) is 0 Å². The molecular weight excluding hydrogens is 370 g/mol. The van der Waals surface area contributed by atoms with Gasteiger partial charge in [0.25, 0.3) is 5.91 Å². The van der Waals surface area contributed by atoms with Crippen LogP contribution in [0.1, 0.15) is 15.9 Å². The van der Waals surface area contributed by atoms with Crippen LogP contribution in [0.5, 0.6) is 0 Å². The Morgan fingerprint density at radius 1 is 1.20 bits per heavy atom. The van der Waals surface area contributed by atoms with E-state index in [1.807, 2.05) is 0 Å². The number of esters is 1. The summed E-state index contributed by atoms with van der Waals surface area (Å²) in [7, 11) is 0. The molecule has 0 fully saturated rings. The molecule has 0 atom stereocenters. The van der Waals surface area contributed by atoms with Gasteiger partial charge < -0.3 is 15.8 Å². The third-order valence-corrected chi connectivity index (χ3v) is 3.85. The van der Waals surface area contributed by atoms with E-state index in [1.54, 1.807) is 18.2 Å². The molecule has 0 heterocycles. The van der Waals surface area contributed by atoms with Crippen molar-refractivity contribution in [1.82, 2.24) is 5.32 Å². The Balaban J connectivity index is 1.82. The molecule has 0 radical (unpaired) electrons. The lowest BCUT2D eigenvalue weighted by molar-refractivity contribution is -0.124. The van der Waals surface area contributed by atoms with Gasteiger partial charge in [0, 0.05) is 11.6 Å². The molecule has 0 aliphatic heterocycles. The van der Waals surface area contributed by atoms with Crippen LogP contribution in [-0.4, -0.2) is 25.0 Å². The smallest absolute Gasteiger partial charge is 0.340 e. The van der Waals surface area contributed by atoms with E-state index in [-0.39, 0.29) is 33.7 Å². The molecule has 0 aliphatic rings. The first-order valence-corrected chi connectivity index (χ1v) is 8.06. The second-order valence-corrected chi connectivity index (χ2v) is 5.96. The summed E-state index contributed by atoms with van der Waals surface area (Å²) in [5.74, 6) is -1.67. The number of ether oxygens (including phenoxy) is 1. The van der Waals surface area contributed by atoms with E-state index in [4.69, 9.17) is 33.7 Å². The zero-order valence-corrected chi connectivity index (χ0v) is 14.5. The number of hydrogen-bond acceptors (Lipinski definition) is 4. The molecule has 5 nitrogen and oxygen atoms in total. The predicted molar refractivity (Wildman–Crippen MR) is 94.3 cm³/mol. The van der Waals surface area contributed by atoms with Crippen LogP contribution in [-0.2, 0) is 16.0 Å². The van der Waals surface area contributed by atoms with Gasteiger partial charge in [0.15, 0.2) is 6.61 Å². The summed E-state index contributed by atoms with van der Waals surface area (Å²) >= 11 is 11.6. The molecule has 0 aromatic heterocycles. The lowest BCUT2D eigenvalue weighted by atomic mass is 10.1. The van der Waals surface area contributed by atoms with Gasteiger partial charge in [0.05, 0.1) is 16.3 Å². The Morgan fingerprint density at radius 2 is 1.92 bits per heavy atom. The van der Waals surface area contributed by atoms with Gasteiger partial charge in [0.2, 0.25) is 0 Å². The van der Waals surface area contributed by atoms with Crippen LogP contribution in [0, 0.1) is 5.82 Å². The summed E-state index contributed by atoms with van der Waals surface area (Å²) in [6, 6.07) is 8.98. The zero-order valence-electron chi connectivity index (χ0n) is 13.0. The molecule has 2 aromatic carbocycles. The third-order valence-electron chi connectivity index (χ3n) is 3.32. The summed E-state index contributed by atoms with van der Waals surface area (Å²) in [6.45, 7) is -0.290. The van der Waals surface area contributed by atoms with Crippen molar-refractivity contribution in [3.63, 3.8) is 0 Å². The fraction of sp³-hybridized carbons (Fsp3) is 0.176. The number of nitrogen functional groups attached to an aromatic ring is 1. The highest BCUT2D eigenvalue weighted by molar-refractivity contribution is 6.37. The van der Waals surface area contributed by atoms with Crippen LogP contribution >= 0.6 is 23.2 Å². The summed E-state index contributed by atoms with van der Waals surface area (Å²) in [5.41, 5.74) is 6.18. The highest BCUT2D eigenvalue weighted by Gasteiger charge is 2.16. The summed E-state index contributed by atoms with van der Waals surface area (Å²) in [6.07, 6.45) is 0.323. The Morgan fingerprint density at radius 3 is 2.64 bits per heavy atom. The van der Waals surface area contributed by atoms with Crippen molar-refractivity contribution < 1.29 is 18.7 Å². The van der Waals surface area contributed by atoms with Crippen molar-refractivity contribution in [1.29, 1.82) is 0 Å². The molecule has 8 heteroatoms. The minimum Gasteiger partial charge on any atom is -0.452 e. The number of hydrogen-bond donors (Lipinski definition) is 2. The minimum atomic E-state index is -0.814. The standard InChI is InChI=1S/C17H15Cl2FN2O3/c18-11-7-12(16(21)13(19)8-11)17(24)25-9-15(23)22-6-5-10-3-1-2-4-14(10)20/h1-4,7-8H,5-6,9,21H2,(H,22,23). The molecule has 0 spiro atoms. The molecule has 2 rings (SSSR count). The molecule has 0 saturated heterocycles. The van der Waals surface area contributed by atoms with Gasteiger partial charge in [-0.25, -0.2) is 9.18 Å². The molecule has 0 bridgehead atoms. The van der Waals surface area contributed by atoms with Crippen LogP contribution in [0.3, 0.4) is 0 Å². The minimum absolute atomic E-state index is 0.0170. The largest absolute Gasteiger partial charge is 0.452 e. The Hall–Kier alpha value is -2.31. The molecule has 1 amide bonds. The van der Waals surface area contributed by atoms with E-state index in [1.165, 1.54) is 18.2 Å². The number of carbonyl (C=O) groups excluding carboxylic acids is 2. The van der Waals surface area contributed by atoms with Crippen molar-refractivity contribution in [2.45, 2.75) is 6.42 Å².